The van der Waals surface area contributed by atoms with Gasteiger partial charge in [0.05, 0.1) is 5.60 Å². The van der Waals surface area contributed by atoms with Gasteiger partial charge in [-0.1, -0.05) is 6.07 Å². The zero-order valence-corrected chi connectivity index (χ0v) is 9.59. The molecule has 0 aromatic heterocycles. The van der Waals surface area contributed by atoms with Crippen molar-refractivity contribution in [1.82, 2.24) is 5.32 Å². The highest BCUT2D eigenvalue weighted by atomic mass is 19.1. The Morgan fingerprint density at radius 1 is 1.38 bits per heavy atom. The number of benzene rings is 1. The molecule has 1 heterocycles. The molecule has 1 fully saturated rings. The SMILES string of the molecule is Cc1cc(F)ccc1CC1(O)CCNCC1. The molecule has 0 bridgehead atoms. The molecule has 0 atom stereocenters. The van der Waals surface area contributed by atoms with Crippen molar-refractivity contribution in [1.29, 1.82) is 0 Å². The van der Waals surface area contributed by atoms with E-state index < -0.39 is 5.60 Å². The predicted octanol–water partition coefficient (Wildman–Crippen LogP) is 1.79. The maximum absolute atomic E-state index is 12.9. The fourth-order valence-electron chi connectivity index (χ4n) is 2.28. The molecule has 0 aliphatic carbocycles. The van der Waals surface area contributed by atoms with Gasteiger partial charge < -0.3 is 10.4 Å². The third-order valence-corrected chi connectivity index (χ3v) is 3.36. The van der Waals surface area contributed by atoms with Crippen molar-refractivity contribution in [3.8, 4) is 0 Å². The van der Waals surface area contributed by atoms with Crippen LogP contribution in [-0.4, -0.2) is 23.8 Å². The summed E-state index contributed by atoms with van der Waals surface area (Å²) in [7, 11) is 0. The van der Waals surface area contributed by atoms with Crippen LogP contribution in [0.4, 0.5) is 4.39 Å². The number of halogens is 1. The lowest BCUT2D eigenvalue weighted by molar-refractivity contribution is 0.0107. The zero-order chi connectivity index (χ0) is 11.6. The summed E-state index contributed by atoms with van der Waals surface area (Å²) in [6.45, 7) is 3.61. The molecule has 0 amide bonds. The molecule has 3 heteroatoms. The zero-order valence-electron chi connectivity index (χ0n) is 9.59. The maximum atomic E-state index is 12.9. The highest BCUT2D eigenvalue weighted by Crippen LogP contribution is 2.25. The minimum absolute atomic E-state index is 0.210. The van der Waals surface area contributed by atoms with Gasteiger partial charge in [-0.05, 0) is 56.1 Å². The molecule has 1 aliphatic rings. The second-order valence-electron chi connectivity index (χ2n) is 4.72. The largest absolute Gasteiger partial charge is 0.389 e. The Morgan fingerprint density at radius 2 is 2.06 bits per heavy atom. The van der Waals surface area contributed by atoms with Gasteiger partial charge in [-0.2, -0.15) is 0 Å². The Kier molecular flexibility index (Phi) is 3.26. The molecule has 2 N–H and O–H groups in total. The van der Waals surface area contributed by atoms with E-state index in [1.54, 1.807) is 6.07 Å². The third kappa shape index (κ3) is 2.60. The molecule has 0 unspecified atom stereocenters. The summed E-state index contributed by atoms with van der Waals surface area (Å²) in [5.41, 5.74) is 1.35. The monoisotopic (exact) mass is 223 g/mol. The van der Waals surface area contributed by atoms with Crippen molar-refractivity contribution in [2.24, 2.45) is 0 Å². The number of nitrogens with one attached hydrogen (secondary N) is 1. The van der Waals surface area contributed by atoms with Crippen LogP contribution in [-0.2, 0) is 6.42 Å². The average molecular weight is 223 g/mol. The number of hydrogen-bond acceptors (Lipinski definition) is 2. The Labute approximate surface area is 95.5 Å². The molecule has 16 heavy (non-hydrogen) atoms. The van der Waals surface area contributed by atoms with Gasteiger partial charge in [0.1, 0.15) is 5.82 Å². The quantitative estimate of drug-likeness (QED) is 0.801. The van der Waals surface area contributed by atoms with Crippen LogP contribution in [0.1, 0.15) is 24.0 Å². The lowest BCUT2D eigenvalue weighted by Crippen LogP contribution is -2.43. The van der Waals surface area contributed by atoms with E-state index in [1.165, 1.54) is 12.1 Å². The van der Waals surface area contributed by atoms with E-state index in [0.717, 1.165) is 37.1 Å². The smallest absolute Gasteiger partial charge is 0.123 e. The van der Waals surface area contributed by atoms with Gasteiger partial charge in [0.25, 0.3) is 0 Å². The van der Waals surface area contributed by atoms with Gasteiger partial charge in [-0.15, -0.1) is 0 Å². The number of piperidine rings is 1. The molecule has 0 saturated carbocycles. The van der Waals surface area contributed by atoms with Gasteiger partial charge >= 0.3 is 0 Å². The summed E-state index contributed by atoms with van der Waals surface area (Å²) in [6, 6.07) is 4.78. The predicted molar refractivity (Wildman–Crippen MR) is 61.9 cm³/mol. The molecule has 2 nitrogen and oxygen atoms in total. The van der Waals surface area contributed by atoms with E-state index in [4.69, 9.17) is 0 Å². The number of aryl methyl sites for hydroxylation is 1. The first-order valence-corrected chi connectivity index (χ1v) is 5.77. The molecule has 88 valence electrons. The van der Waals surface area contributed by atoms with Gasteiger partial charge in [0.15, 0.2) is 0 Å². The minimum Gasteiger partial charge on any atom is -0.389 e. The van der Waals surface area contributed by atoms with E-state index in [9.17, 15) is 9.50 Å². The molecular weight excluding hydrogens is 205 g/mol. The molecular formula is C13H18FNO. The maximum Gasteiger partial charge on any atom is 0.123 e. The van der Waals surface area contributed by atoms with Gasteiger partial charge in [-0.3, -0.25) is 0 Å². The lowest BCUT2D eigenvalue weighted by atomic mass is 9.85. The molecule has 1 aromatic rings. The number of rotatable bonds is 2. The van der Waals surface area contributed by atoms with Crippen LogP contribution in [0.5, 0.6) is 0 Å². The van der Waals surface area contributed by atoms with E-state index in [1.807, 2.05) is 6.92 Å². The van der Waals surface area contributed by atoms with Crippen LogP contribution >= 0.6 is 0 Å². The number of aliphatic hydroxyl groups is 1. The van der Waals surface area contributed by atoms with Crippen molar-refractivity contribution in [2.45, 2.75) is 31.8 Å². The van der Waals surface area contributed by atoms with Crippen molar-refractivity contribution in [3.05, 3.63) is 35.1 Å². The first-order valence-electron chi connectivity index (χ1n) is 5.77. The second-order valence-corrected chi connectivity index (χ2v) is 4.72. The van der Waals surface area contributed by atoms with E-state index in [0.29, 0.717) is 6.42 Å². The third-order valence-electron chi connectivity index (χ3n) is 3.36. The van der Waals surface area contributed by atoms with E-state index in [-0.39, 0.29) is 5.82 Å². The summed E-state index contributed by atoms with van der Waals surface area (Å²) in [4.78, 5) is 0. The average Bonchev–Trinajstić information content (AvgIpc) is 2.23. The summed E-state index contributed by atoms with van der Waals surface area (Å²) in [5, 5.41) is 13.6. The normalized spacial score (nSPS) is 19.7. The van der Waals surface area contributed by atoms with E-state index in [2.05, 4.69) is 5.32 Å². The van der Waals surface area contributed by atoms with Gasteiger partial charge in [-0.25, -0.2) is 4.39 Å². The van der Waals surface area contributed by atoms with E-state index >= 15 is 0 Å². The first-order chi connectivity index (χ1) is 7.59. The first kappa shape index (κ1) is 11.6. The van der Waals surface area contributed by atoms with Crippen molar-refractivity contribution in [2.75, 3.05) is 13.1 Å². The Morgan fingerprint density at radius 3 is 2.69 bits per heavy atom. The summed E-state index contributed by atoms with van der Waals surface area (Å²) >= 11 is 0. The lowest BCUT2D eigenvalue weighted by Gasteiger charge is -2.33. The number of hydrogen-bond donors (Lipinski definition) is 2. The highest BCUT2D eigenvalue weighted by molar-refractivity contribution is 5.28. The van der Waals surface area contributed by atoms with Crippen LogP contribution in [0.3, 0.4) is 0 Å². The van der Waals surface area contributed by atoms with Crippen LogP contribution < -0.4 is 5.32 Å². The van der Waals surface area contributed by atoms with Crippen LogP contribution in [0.15, 0.2) is 18.2 Å². The molecule has 1 aliphatic heterocycles. The molecule has 0 spiro atoms. The second kappa shape index (κ2) is 4.52. The molecule has 2 rings (SSSR count). The molecule has 0 radical (unpaired) electrons. The van der Waals surface area contributed by atoms with Crippen molar-refractivity contribution >= 4 is 0 Å². The van der Waals surface area contributed by atoms with Crippen molar-refractivity contribution < 1.29 is 9.50 Å². The Bertz CT molecular complexity index is 372. The fourth-order valence-corrected chi connectivity index (χ4v) is 2.28. The van der Waals surface area contributed by atoms with Crippen LogP contribution in [0.25, 0.3) is 0 Å². The Hall–Kier alpha value is -0.930. The summed E-state index contributed by atoms with van der Waals surface area (Å²) in [5.74, 6) is -0.210. The van der Waals surface area contributed by atoms with Gasteiger partial charge in [0.2, 0.25) is 0 Å². The highest BCUT2D eigenvalue weighted by Gasteiger charge is 2.29. The summed E-state index contributed by atoms with van der Waals surface area (Å²) in [6.07, 6.45) is 2.16. The van der Waals surface area contributed by atoms with Crippen LogP contribution in [0, 0.1) is 12.7 Å². The van der Waals surface area contributed by atoms with Gasteiger partial charge in [0, 0.05) is 6.42 Å². The molecule has 1 saturated heterocycles. The Balaban J connectivity index is 2.13. The van der Waals surface area contributed by atoms with Crippen LogP contribution in [0.2, 0.25) is 0 Å². The van der Waals surface area contributed by atoms with Crippen molar-refractivity contribution in [3.63, 3.8) is 0 Å². The fraction of sp³-hybridized carbons (Fsp3) is 0.538. The minimum atomic E-state index is -0.617. The standard InChI is InChI=1S/C13H18FNO/c1-10-8-12(14)3-2-11(10)9-13(16)4-6-15-7-5-13/h2-3,8,15-16H,4-7,9H2,1H3. The topological polar surface area (TPSA) is 32.3 Å². The molecule has 1 aromatic carbocycles. The summed E-state index contributed by atoms with van der Waals surface area (Å²) < 4.78 is 12.9.